The van der Waals surface area contributed by atoms with E-state index in [0.29, 0.717) is 23.2 Å². The smallest absolute Gasteiger partial charge is 0.227 e. The highest BCUT2D eigenvalue weighted by Gasteiger charge is 2.30. The highest BCUT2D eigenvalue weighted by Crippen LogP contribution is 2.29. The third-order valence-electron chi connectivity index (χ3n) is 5.23. The van der Waals surface area contributed by atoms with E-state index in [1.54, 1.807) is 12.1 Å². The summed E-state index contributed by atoms with van der Waals surface area (Å²) in [6.45, 7) is 2.01. The molecule has 1 N–H and O–H groups in total. The second kappa shape index (κ2) is 9.14. The minimum Gasteiger partial charge on any atom is -0.343 e. The number of rotatable bonds is 7. The average molecular weight is 432 g/mol. The lowest BCUT2D eigenvalue weighted by Crippen LogP contribution is -2.44. The molecule has 0 saturated heterocycles. The molecule has 4 rings (SSSR count). The Morgan fingerprint density at radius 3 is 2.10 bits per heavy atom. The molecule has 1 heterocycles. The van der Waals surface area contributed by atoms with Gasteiger partial charge in [0.25, 0.3) is 0 Å². The summed E-state index contributed by atoms with van der Waals surface area (Å²) in [4.78, 5) is 17.3. The molecule has 1 aromatic heterocycles. The fourth-order valence-electron chi connectivity index (χ4n) is 3.49. The largest absolute Gasteiger partial charge is 0.343 e. The number of benzene rings is 3. The highest BCUT2D eigenvalue weighted by atomic mass is 35.5. The summed E-state index contributed by atoms with van der Waals surface area (Å²) in [6, 6.07) is 27.1. The molecule has 5 nitrogen and oxygen atoms in total. The summed E-state index contributed by atoms with van der Waals surface area (Å²) < 4.78 is 5.33. The lowest BCUT2D eigenvalue weighted by atomic mass is 9.84. The molecule has 0 unspecified atom stereocenters. The lowest BCUT2D eigenvalue weighted by molar-refractivity contribution is -0.122. The van der Waals surface area contributed by atoms with Crippen LogP contribution in [0.3, 0.4) is 0 Å². The highest BCUT2D eigenvalue weighted by molar-refractivity contribution is 6.30. The minimum absolute atomic E-state index is 0.0959. The van der Waals surface area contributed by atoms with Crippen molar-refractivity contribution in [2.45, 2.75) is 25.3 Å². The standard InChI is InChI=1S/C25H22ClN3O2/c1-25(19-8-4-2-5-9-19,20-10-6-3-7-11-20)28-22(30)16-17-23-27-24(29-31-23)18-12-14-21(26)15-13-18/h2-15H,16-17H2,1H3,(H,28,30). The Morgan fingerprint density at radius 2 is 1.52 bits per heavy atom. The van der Waals surface area contributed by atoms with Crippen LogP contribution in [0.15, 0.2) is 89.5 Å². The third kappa shape index (κ3) is 4.84. The Bertz CT molecular complexity index is 1100. The van der Waals surface area contributed by atoms with Gasteiger partial charge in [0.05, 0.1) is 5.54 Å². The third-order valence-corrected chi connectivity index (χ3v) is 5.48. The van der Waals surface area contributed by atoms with Gasteiger partial charge in [-0.25, -0.2) is 0 Å². The molecule has 31 heavy (non-hydrogen) atoms. The van der Waals surface area contributed by atoms with Crippen molar-refractivity contribution < 1.29 is 9.32 Å². The molecular weight excluding hydrogens is 410 g/mol. The zero-order chi connectivity index (χ0) is 21.7. The molecule has 3 aromatic carbocycles. The van der Waals surface area contributed by atoms with Gasteiger partial charge in [-0.2, -0.15) is 4.98 Å². The molecule has 0 aliphatic rings. The van der Waals surface area contributed by atoms with Gasteiger partial charge in [0.1, 0.15) is 0 Å². The van der Waals surface area contributed by atoms with Crippen molar-refractivity contribution in [1.29, 1.82) is 0 Å². The van der Waals surface area contributed by atoms with Gasteiger partial charge in [-0.1, -0.05) is 77.4 Å². The van der Waals surface area contributed by atoms with Crippen molar-refractivity contribution in [3.8, 4) is 11.4 Å². The van der Waals surface area contributed by atoms with Crippen LogP contribution in [0.5, 0.6) is 0 Å². The minimum atomic E-state index is -0.650. The van der Waals surface area contributed by atoms with Crippen molar-refractivity contribution in [3.63, 3.8) is 0 Å². The number of amides is 1. The van der Waals surface area contributed by atoms with E-state index in [-0.39, 0.29) is 12.3 Å². The maximum absolute atomic E-state index is 12.9. The molecule has 0 radical (unpaired) electrons. The maximum Gasteiger partial charge on any atom is 0.227 e. The van der Waals surface area contributed by atoms with E-state index in [1.807, 2.05) is 79.7 Å². The number of nitrogens with one attached hydrogen (secondary N) is 1. The van der Waals surface area contributed by atoms with E-state index >= 15 is 0 Å². The van der Waals surface area contributed by atoms with Crippen molar-refractivity contribution in [2.75, 3.05) is 0 Å². The average Bonchev–Trinajstić information content (AvgIpc) is 3.28. The van der Waals surface area contributed by atoms with Gasteiger partial charge in [0.2, 0.25) is 17.6 Å². The van der Waals surface area contributed by atoms with Crippen LogP contribution in [0.25, 0.3) is 11.4 Å². The second-order valence-corrected chi connectivity index (χ2v) is 7.86. The summed E-state index contributed by atoms with van der Waals surface area (Å²) in [5, 5.41) is 7.84. The van der Waals surface area contributed by atoms with Crippen LogP contribution in [-0.4, -0.2) is 16.0 Å². The molecule has 0 fully saturated rings. The predicted molar refractivity (Wildman–Crippen MR) is 121 cm³/mol. The monoisotopic (exact) mass is 431 g/mol. The van der Waals surface area contributed by atoms with Crippen LogP contribution in [0.2, 0.25) is 5.02 Å². The first-order valence-electron chi connectivity index (χ1n) is 10.1. The quantitative estimate of drug-likeness (QED) is 0.425. The Morgan fingerprint density at radius 1 is 0.935 bits per heavy atom. The van der Waals surface area contributed by atoms with Gasteiger partial charge in [0.15, 0.2) is 0 Å². The van der Waals surface area contributed by atoms with E-state index in [2.05, 4.69) is 15.5 Å². The molecule has 6 heteroatoms. The number of halogens is 1. The Labute approximate surface area is 186 Å². The number of carbonyl (C=O) groups excluding carboxylic acids is 1. The van der Waals surface area contributed by atoms with Crippen LogP contribution in [0, 0.1) is 0 Å². The van der Waals surface area contributed by atoms with Crippen molar-refractivity contribution in [1.82, 2.24) is 15.5 Å². The molecule has 1 amide bonds. The number of nitrogens with zero attached hydrogens (tertiary/aromatic N) is 2. The molecule has 0 aliphatic heterocycles. The predicted octanol–water partition coefficient (Wildman–Crippen LogP) is 5.40. The molecule has 0 atom stereocenters. The summed E-state index contributed by atoms with van der Waals surface area (Å²) >= 11 is 5.92. The van der Waals surface area contributed by atoms with E-state index in [4.69, 9.17) is 16.1 Å². The van der Waals surface area contributed by atoms with Crippen molar-refractivity contribution in [2.24, 2.45) is 0 Å². The number of hydrogen-bond acceptors (Lipinski definition) is 4. The van der Waals surface area contributed by atoms with Crippen LogP contribution >= 0.6 is 11.6 Å². The SMILES string of the molecule is CC(NC(=O)CCc1nc(-c2ccc(Cl)cc2)no1)(c1ccccc1)c1ccccc1. The molecule has 0 spiro atoms. The van der Waals surface area contributed by atoms with Gasteiger partial charge < -0.3 is 9.84 Å². The molecule has 156 valence electrons. The van der Waals surface area contributed by atoms with Crippen LogP contribution in [0.4, 0.5) is 0 Å². The van der Waals surface area contributed by atoms with Gasteiger partial charge in [-0.05, 0) is 42.3 Å². The Balaban J connectivity index is 1.46. The van der Waals surface area contributed by atoms with E-state index in [1.165, 1.54) is 0 Å². The van der Waals surface area contributed by atoms with Gasteiger partial charge in [-0.15, -0.1) is 0 Å². The molecule has 4 aromatic rings. The van der Waals surface area contributed by atoms with Crippen molar-refractivity contribution in [3.05, 3.63) is 107 Å². The normalized spacial score (nSPS) is 11.3. The summed E-state index contributed by atoms with van der Waals surface area (Å²) in [6.07, 6.45) is 0.587. The summed E-state index contributed by atoms with van der Waals surface area (Å²) in [5.41, 5.74) is 2.18. The molecule has 0 aliphatic carbocycles. The Hall–Kier alpha value is -3.44. The first-order chi connectivity index (χ1) is 15.0. The first-order valence-corrected chi connectivity index (χ1v) is 10.4. The topological polar surface area (TPSA) is 68.0 Å². The van der Waals surface area contributed by atoms with Crippen LogP contribution in [-0.2, 0) is 16.8 Å². The van der Waals surface area contributed by atoms with Gasteiger partial charge in [0, 0.05) is 23.4 Å². The van der Waals surface area contributed by atoms with E-state index < -0.39 is 5.54 Å². The van der Waals surface area contributed by atoms with E-state index in [9.17, 15) is 4.79 Å². The fourth-order valence-corrected chi connectivity index (χ4v) is 3.61. The molecule has 0 saturated carbocycles. The lowest BCUT2D eigenvalue weighted by Gasteiger charge is -2.32. The summed E-state index contributed by atoms with van der Waals surface area (Å²) in [7, 11) is 0. The van der Waals surface area contributed by atoms with Crippen LogP contribution < -0.4 is 5.32 Å². The number of hydrogen-bond donors (Lipinski definition) is 1. The van der Waals surface area contributed by atoms with Gasteiger partial charge in [-0.3, -0.25) is 4.79 Å². The maximum atomic E-state index is 12.9. The van der Waals surface area contributed by atoms with Crippen LogP contribution in [0.1, 0.15) is 30.4 Å². The first kappa shape index (κ1) is 20.8. The number of aryl methyl sites for hydroxylation is 1. The second-order valence-electron chi connectivity index (χ2n) is 7.42. The number of carbonyl (C=O) groups is 1. The Kier molecular flexibility index (Phi) is 6.14. The molecular formula is C25H22ClN3O2. The van der Waals surface area contributed by atoms with E-state index in [0.717, 1.165) is 16.7 Å². The zero-order valence-corrected chi connectivity index (χ0v) is 17.8. The van der Waals surface area contributed by atoms with Gasteiger partial charge >= 0.3 is 0 Å². The molecule has 0 bridgehead atoms. The number of aromatic nitrogens is 2. The fraction of sp³-hybridized carbons (Fsp3) is 0.160. The van der Waals surface area contributed by atoms with Crippen molar-refractivity contribution >= 4 is 17.5 Å². The summed E-state index contributed by atoms with van der Waals surface area (Å²) in [5.74, 6) is 0.799. The zero-order valence-electron chi connectivity index (χ0n) is 17.1.